The number of rotatable bonds is 10. The standard InChI is InChI=1S/C15H25N5O3/c1-4-5-6-7-13(9-20(23)10-21)15(22)19-18-14-8-11(2)16-12(3)17-14/h8,10,13,23H,4-7,9H2,1-3H3,(H,19,22)(H,16,17,18)/t13-/m1/s1. The van der Waals surface area contributed by atoms with Gasteiger partial charge < -0.3 is 0 Å². The van der Waals surface area contributed by atoms with Crippen molar-refractivity contribution in [2.45, 2.75) is 46.5 Å². The van der Waals surface area contributed by atoms with Crippen molar-refractivity contribution in [3.8, 4) is 0 Å². The summed E-state index contributed by atoms with van der Waals surface area (Å²) in [6, 6.07) is 1.71. The lowest BCUT2D eigenvalue weighted by molar-refractivity contribution is -0.154. The van der Waals surface area contributed by atoms with E-state index in [0.717, 1.165) is 25.0 Å². The van der Waals surface area contributed by atoms with E-state index in [-0.39, 0.29) is 12.5 Å². The number of amides is 2. The molecule has 0 aliphatic heterocycles. The van der Waals surface area contributed by atoms with Gasteiger partial charge in [-0.25, -0.2) is 15.0 Å². The molecule has 1 atom stereocenters. The molecule has 128 valence electrons. The molecule has 1 heterocycles. The van der Waals surface area contributed by atoms with E-state index in [1.54, 1.807) is 13.0 Å². The predicted molar refractivity (Wildman–Crippen MR) is 85.5 cm³/mol. The molecule has 0 saturated heterocycles. The number of anilines is 1. The smallest absolute Gasteiger partial charge is 0.243 e. The third kappa shape index (κ3) is 7.05. The number of aromatic nitrogens is 2. The summed E-state index contributed by atoms with van der Waals surface area (Å²) in [6.07, 6.45) is 3.77. The maximum absolute atomic E-state index is 12.3. The van der Waals surface area contributed by atoms with Crippen LogP contribution in [0.25, 0.3) is 0 Å². The highest BCUT2D eigenvalue weighted by Gasteiger charge is 2.20. The zero-order valence-electron chi connectivity index (χ0n) is 13.9. The second kappa shape index (κ2) is 9.73. The molecule has 3 N–H and O–H groups in total. The van der Waals surface area contributed by atoms with E-state index in [1.807, 2.05) is 6.92 Å². The number of carbonyl (C=O) groups excluding carboxylic acids is 2. The summed E-state index contributed by atoms with van der Waals surface area (Å²) >= 11 is 0. The van der Waals surface area contributed by atoms with Gasteiger partial charge in [-0.3, -0.25) is 25.6 Å². The zero-order valence-corrected chi connectivity index (χ0v) is 13.9. The first-order valence-corrected chi connectivity index (χ1v) is 7.75. The van der Waals surface area contributed by atoms with Gasteiger partial charge in [0, 0.05) is 11.8 Å². The Kier molecular flexibility index (Phi) is 7.96. The lowest BCUT2D eigenvalue weighted by Gasteiger charge is -2.20. The van der Waals surface area contributed by atoms with Crippen molar-refractivity contribution in [1.29, 1.82) is 0 Å². The van der Waals surface area contributed by atoms with Crippen LogP contribution in [0, 0.1) is 19.8 Å². The minimum atomic E-state index is -0.492. The molecule has 0 aliphatic rings. The molecule has 0 saturated carbocycles. The number of aryl methyl sites for hydroxylation is 2. The monoisotopic (exact) mass is 323 g/mol. The summed E-state index contributed by atoms with van der Waals surface area (Å²) in [7, 11) is 0. The van der Waals surface area contributed by atoms with E-state index < -0.39 is 5.92 Å². The Morgan fingerprint density at radius 1 is 1.39 bits per heavy atom. The molecule has 0 spiro atoms. The van der Waals surface area contributed by atoms with Crippen molar-refractivity contribution in [3.05, 3.63) is 17.6 Å². The highest BCUT2D eigenvalue weighted by Crippen LogP contribution is 2.12. The van der Waals surface area contributed by atoms with E-state index >= 15 is 0 Å². The Balaban J connectivity index is 2.61. The lowest BCUT2D eigenvalue weighted by atomic mass is 10.0. The van der Waals surface area contributed by atoms with Crippen LogP contribution in [0.15, 0.2) is 6.07 Å². The van der Waals surface area contributed by atoms with Gasteiger partial charge in [-0.15, -0.1) is 0 Å². The van der Waals surface area contributed by atoms with E-state index in [4.69, 9.17) is 0 Å². The van der Waals surface area contributed by atoms with Gasteiger partial charge in [0.05, 0.1) is 12.5 Å². The van der Waals surface area contributed by atoms with Crippen LogP contribution in [0.1, 0.15) is 44.1 Å². The Bertz CT molecular complexity index is 504. The topological polar surface area (TPSA) is 107 Å². The Hall–Kier alpha value is -2.22. The first kappa shape index (κ1) is 18.8. The van der Waals surface area contributed by atoms with Crippen LogP contribution in [0.2, 0.25) is 0 Å². The summed E-state index contributed by atoms with van der Waals surface area (Å²) in [6.45, 7) is 5.63. The molecule has 2 amide bonds. The van der Waals surface area contributed by atoms with Gasteiger partial charge in [0.15, 0.2) is 0 Å². The molecule has 1 aromatic rings. The Morgan fingerprint density at radius 2 is 2.13 bits per heavy atom. The van der Waals surface area contributed by atoms with Crippen LogP contribution in [-0.2, 0) is 9.59 Å². The van der Waals surface area contributed by atoms with Gasteiger partial charge in [-0.05, 0) is 20.3 Å². The molecular formula is C15H25N5O3. The fourth-order valence-corrected chi connectivity index (χ4v) is 2.22. The molecule has 23 heavy (non-hydrogen) atoms. The second-order valence-electron chi connectivity index (χ2n) is 5.48. The fraction of sp³-hybridized carbons (Fsp3) is 0.600. The highest BCUT2D eigenvalue weighted by atomic mass is 16.5. The van der Waals surface area contributed by atoms with Crippen LogP contribution in [0.5, 0.6) is 0 Å². The number of unbranched alkanes of at least 4 members (excludes halogenated alkanes) is 2. The van der Waals surface area contributed by atoms with Crippen molar-refractivity contribution >= 4 is 18.1 Å². The van der Waals surface area contributed by atoms with E-state index in [9.17, 15) is 14.8 Å². The predicted octanol–water partition coefficient (Wildman–Crippen LogP) is 1.58. The van der Waals surface area contributed by atoms with Crippen LogP contribution in [-0.4, -0.2) is 39.1 Å². The summed E-state index contributed by atoms with van der Waals surface area (Å²) in [5.41, 5.74) is 6.11. The number of hydrogen-bond acceptors (Lipinski definition) is 6. The Labute approximate surface area is 136 Å². The van der Waals surface area contributed by atoms with Crippen molar-refractivity contribution in [1.82, 2.24) is 20.5 Å². The minimum Gasteiger partial charge on any atom is -0.286 e. The summed E-state index contributed by atoms with van der Waals surface area (Å²) < 4.78 is 0. The SMILES string of the molecule is CCCCC[C@H](CN(O)C=O)C(=O)NNc1cc(C)nc(C)n1. The van der Waals surface area contributed by atoms with E-state index in [2.05, 4.69) is 27.7 Å². The van der Waals surface area contributed by atoms with Crippen molar-refractivity contribution in [2.24, 2.45) is 5.92 Å². The molecule has 0 radical (unpaired) electrons. The summed E-state index contributed by atoms with van der Waals surface area (Å²) in [5, 5.41) is 9.83. The molecule has 1 rings (SSSR count). The van der Waals surface area contributed by atoms with Gasteiger partial charge in [0.25, 0.3) is 0 Å². The highest BCUT2D eigenvalue weighted by molar-refractivity contribution is 5.80. The maximum Gasteiger partial charge on any atom is 0.243 e. The molecular weight excluding hydrogens is 298 g/mol. The van der Waals surface area contributed by atoms with E-state index in [0.29, 0.717) is 29.5 Å². The number of nitrogens with one attached hydrogen (secondary N) is 2. The summed E-state index contributed by atoms with van der Waals surface area (Å²) in [5.74, 6) is 0.305. The maximum atomic E-state index is 12.3. The molecule has 0 bridgehead atoms. The average Bonchev–Trinajstić information content (AvgIpc) is 2.50. The minimum absolute atomic E-state index is 0.0391. The first-order valence-electron chi connectivity index (χ1n) is 7.75. The molecule has 8 heteroatoms. The van der Waals surface area contributed by atoms with Gasteiger partial charge in [-0.1, -0.05) is 26.2 Å². The quantitative estimate of drug-likeness (QED) is 0.261. The third-order valence-electron chi connectivity index (χ3n) is 3.34. The van der Waals surface area contributed by atoms with Crippen LogP contribution < -0.4 is 10.9 Å². The van der Waals surface area contributed by atoms with E-state index in [1.165, 1.54) is 0 Å². The molecule has 0 unspecified atom stereocenters. The van der Waals surface area contributed by atoms with Gasteiger partial charge >= 0.3 is 0 Å². The number of hydrazine groups is 1. The van der Waals surface area contributed by atoms with Crippen LogP contribution >= 0.6 is 0 Å². The molecule has 0 aromatic carbocycles. The first-order chi connectivity index (χ1) is 11.0. The number of hydrogen-bond donors (Lipinski definition) is 3. The molecule has 8 nitrogen and oxygen atoms in total. The number of nitrogens with zero attached hydrogens (tertiary/aromatic N) is 3. The van der Waals surface area contributed by atoms with Gasteiger partial charge in [-0.2, -0.15) is 0 Å². The lowest BCUT2D eigenvalue weighted by Crippen LogP contribution is -2.40. The fourth-order valence-electron chi connectivity index (χ4n) is 2.22. The molecule has 0 aliphatic carbocycles. The van der Waals surface area contributed by atoms with Crippen molar-refractivity contribution < 1.29 is 14.8 Å². The summed E-state index contributed by atoms with van der Waals surface area (Å²) in [4.78, 5) is 31.1. The van der Waals surface area contributed by atoms with Crippen LogP contribution in [0.4, 0.5) is 5.82 Å². The largest absolute Gasteiger partial charge is 0.286 e. The van der Waals surface area contributed by atoms with Crippen LogP contribution in [0.3, 0.4) is 0 Å². The zero-order chi connectivity index (χ0) is 17.2. The van der Waals surface area contributed by atoms with Gasteiger partial charge in [0.2, 0.25) is 12.3 Å². The van der Waals surface area contributed by atoms with Crippen molar-refractivity contribution in [2.75, 3.05) is 12.0 Å². The number of hydroxylamine groups is 2. The van der Waals surface area contributed by atoms with Gasteiger partial charge in [0.1, 0.15) is 11.6 Å². The number of carbonyl (C=O) groups is 2. The Morgan fingerprint density at radius 3 is 2.74 bits per heavy atom. The third-order valence-corrected chi connectivity index (χ3v) is 3.34. The molecule has 1 aromatic heterocycles. The average molecular weight is 323 g/mol. The normalized spacial score (nSPS) is 11.7. The molecule has 0 fully saturated rings. The second-order valence-corrected chi connectivity index (χ2v) is 5.48. The van der Waals surface area contributed by atoms with Crippen molar-refractivity contribution in [3.63, 3.8) is 0 Å².